The van der Waals surface area contributed by atoms with Gasteiger partial charge in [-0.15, -0.1) is 0 Å². The van der Waals surface area contributed by atoms with E-state index < -0.39 is 5.60 Å². The van der Waals surface area contributed by atoms with Crippen LogP contribution in [-0.2, 0) is 11.3 Å². The molecule has 0 saturated carbocycles. The summed E-state index contributed by atoms with van der Waals surface area (Å²) in [5.41, 5.74) is 0.996. The first kappa shape index (κ1) is 24.0. The van der Waals surface area contributed by atoms with E-state index in [1.165, 1.54) is 36.1 Å². The summed E-state index contributed by atoms with van der Waals surface area (Å²) in [5, 5.41) is 3.05. The molecule has 32 heavy (non-hydrogen) atoms. The molecule has 1 amide bonds. The van der Waals surface area contributed by atoms with Gasteiger partial charge in [0.1, 0.15) is 18.3 Å². The van der Waals surface area contributed by atoms with Crippen LogP contribution in [0.3, 0.4) is 0 Å². The molecule has 4 aliphatic rings. The van der Waals surface area contributed by atoms with E-state index in [2.05, 4.69) is 50.3 Å². The summed E-state index contributed by atoms with van der Waals surface area (Å²) in [6, 6.07) is 11.4. The SMILES string of the molecule is CC(C)(C)OC(=O)NC[C@H]1CN2CCN3CCC[N+]4(Cc5ccccc5)CCN1[C@H]2[C@H]34.[Br-]. The minimum atomic E-state index is -0.459. The molecule has 178 valence electrons. The van der Waals surface area contributed by atoms with Gasteiger partial charge in [-0.2, -0.15) is 0 Å². The first-order valence-electron chi connectivity index (χ1n) is 12.0. The number of rotatable bonds is 4. The van der Waals surface area contributed by atoms with Gasteiger partial charge in [-0.3, -0.25) is 14.7 Å². The highest BCUT2D eigenvalue weighted by Gasteiger charge is 2.60. The number of ether oxygens (including phenoxy) is 1. The van der Waals surface area contributed by atoms with Gasteiger partial charge < -0.3 is 31.5 Å². The molecule has 4 heterocycles. The minimum absolute atomic E-state index is 0. The Morgan fingerprint density at radius 1 is 1.09 bits per heavy atom. The molecular formula is C24H38BrN5O2. The van der Waals surface area contributed by atoms with Crippen LogP contribution in [0.5, 0.6) is 0 Å². The second kappa shape index (κ2) is 9.22. The lowest BCUT2D eigenvalue weighted by molar-refractivity contribution is -0.988. The molecule has 0 spiro atoms. The Kier molecular flexibility index (Phi) is 6.90. The van der Waals surface area contributed by atoms with E-state index in [9.17, 15) is 4.79 Å². The van der Waals surface area contributed by atoms with Crippen molar-refractivity contribution >= 4 is 6.09 Å². The summed E-state index contributed by atoms with van der Waals surface area (Å²) in [5.74, 6) is 0. The van der Waals surface area contributed by atoms with E-state index in [4.69, 9.17) is 4.74 Å². The second-order valence-corrected chi connectivity index (χ2v) is 10.8. The maximum absolute atomic E-state index is 12.2. The van der Waals surface area contributed by atoms with E-state index in [0.717, 1.165) is 32.7 Å². The summed E-state index contributed by atoms with van der Waals surface area (Å²) >= 11 is 0. The lowest BCUT2D eigenvalue weighted by atomic mass is 9.99. The Morgan fingerprint density at radius 3 is 2.59 bits per heavy atom. The highest BCUT2D eigenvalue weighted by Crippen LogP contribution is 2.41. The van der Waals surface area contributed by atoms with Crippen LogP contribution in [-0.4, -0.2) is 102 Å². The van der Waals surface area contributed by atoms with Crippen molar-refractivity contribution in [3.05, 3.63) is 35.9 Å². The van der Waals surface area contributed by atoms with E-state index in [1.807, 2.05) is 20.8 Å². The van der Waals surface area contributed by atoms with E-state index >= 15 is 0 Å². The first-order chi connectivity index (χ1) is 14.8. The monoisotopic (exact) mass is 507 g/mol. The molecule has 8 heteroatoms. The zero-order chi connectivity index (χ0) is 21.6. The molecule has 0 aliphatic carbocycles. The number of quaternary nitrogens is 1. The van der Waals surface area contributed by atoms with Crippen LogP contribution in [0.1, 0.15) is 32.8 Å². The zero-order valence-corrected chi connectivity index (χ0v) is 21.3. The molecule has 7 nitrogen and oxygen atoms in total. The van der Waals surface area contributed by atoms with Crippen molar-refractivity contribution in [1.82, 2.24) is 20.0 Å². The fourth-order valence-electron chi connectivity index (χ4n) is 6.43. The Balaban J connectivity index is 0.00000245. The maximum Gasteiger partial charge on any atom is 0.407 e. The molecular weight excluding hydrogens is 470 g/mol. The van der Waals surface area contributed by atoms with Crippen LogP contribution in [0, 0.1) is 0 Å². The number of hydrogen-bond donors (Lipinski definition) is 1. The van der Waals surface area contributed by atoms with Crippen molar-refractivity contribution in [3.8, 4) is 0 Å². The van der Waals surface area contributed by atoms with Gasteiger partial charge in [0.15, 0.2) is 6.17 Å². The van der Waals surface area contributed by atoms with Crippen molar-refractivity contribution in [2.24, 2.45) is 0 Å². The quantitative estimate of drug-likeness (QED) is 0.524. The number of amides is 1. The number of carbonyl (C=O) groups is 1. The second-order valence-electron chi connectivity index (χ2n) is 10.8. The van der Waals surface area contributed by atoms with Gasteiger partial charge in [0, 0.05) is 57.3 Å². The average molecular weight is 509 g/mol. The van der Waals surface area contributed by atoms with Gasteiger partial charge in [-0.1, -0.05) is 30.3 Å². The van der Waals surface area contributed by atoms with Crippen molar-refractivity contribution in [1.29, 1.82) is 0 Å². The largest absolute Gasteiger partial charge is 1.00 e. The highest BCUT2D eigenvalue weighted by molar-refractivity contribution is 5.67. The van der Waals surface area contributed by atoms with Crippen LogP contribution in [0.25, 0.3) is 0 Å². The summed E-state index contributed by atoms with van der Waals surface area (Å²) < 4.78 is 6.66. The molecule has 4 saturated heterocycles. The summed E-state index contributed by atoms with van der Waals surface area (Å²) in [6.45, 7) is 15.6. The topological polar surface area (TPSA) is 48.1 Å². The summed E-state index contributed by atoms with van der Waals surface area (Å²) in [7, 11) is 0. The fraction of sp³-hybridized carbons (Fsp3) is 0.708. The van der Waals surface area contributed by atoms with Crippen LogP contribution in [0.15, 0.2) is 30.3 Å². The van der Waals surface area contributed by atoms with Gasteiger partial charge in [0.2, 0.25) is 0 Å². The normalized spacial score (nSPS) is 32.7. The number of halogens is 1. The predicted octanol–water partition coefficient (Wildman–Crippen LogP) is -1.10. The van der Waals surface area contributed by atoms with Crippen LogP contribution >= 0.6 is 0 Å². The Bertz CT molecular complexity index is 803. The van der Waals surface area contributed by atoms with Gasteiger partial charge in [-0.05, 0) is 20.8 Å². The molecule has 1 N–H and O–H groups in total. The maximum atomic E-state index is 12.2. The van der Waals surface area contributed by atoms with Gasteiger partial charge in [-0.25, -0.2) is 4.79 Å². The van der Waals surface area contributed by atoms with Crippen molar-refractivity contribution < 1.29 is 31.0 Å². The molecule has 1 aromatic carbocycles. The zero-order valence-electron chi connectivity index (χ0n) is 19.7. The average Bonchev–Trinajstić information content (AvgIpc) is 3.09. The number of nitrogens with zero attached hydrogens (tertiary/aromatic N) is 4. The Hall–Kier alpha value is -1.19. The molecule has 4 aliphatic heterocycles. The third-order valence-corrected chi connectivity index (χ3v) is 7.58. The number of piperazine rings is 2. The third kappa shape index (κ3) is 4.57. The molecule has 0 radical (unpaired) electrons. The Labute approximate surface area is 203 Å². The van der Waals surface area contributed by atoms with Crippen molar-refractivity contribution in [2.45, 2.75) is 57.7 Å². The molecule has 1 unspecified atom stereocenters. The number of alkyl carbamates (subject to hydrolysis) is 1. The van der Waals surface area contributed by atoms with E-state index in [1.54, 1.807) is 0 Å². The number of hydrogen-bond acceptors (Lipinski definition) is 5. The van der Waals surface area contributed by atoms with E-state index in [0.29, 0.717) is 24.9 Å². The molecule has 0 aromatic heterocycles. The smallest absolute Gasteiger partial charge is 0.407 e. The standard InChI is InChI=1S/C24H37N5O2.BrH/c1-24(2,3)31-23(30)25-16-20-17-27-12-11-26-10-7-14-29(18-19-8-5-4-6-9-19)15-13-28(20)21(27)22(26)29;/h4-6,8-9,20-22H,7,10-18H2,1-3H3;1H/t20-,21-,22+,29?;/m0./s1. The van der Waals surface area contributed by atoms with Crippen LogP contribution in [0.2, 0.25) is 0 Å². The van der Waals surface area contributed by atoms with Crippen LogP contribution < -0.4 is 22.3 Å². The highest BCUT2D eigenvalue weighted by atomic mass is 79.9. The van der Waals surface area contributed by atoms with Crippen molar-refractivity contribution in [3.63, 3.8) is 0 Å². The molecule has 5 rings (SSSR count). The lowest BCUT2D eigenvalue weighted by Gasteiger charge is -2.61. The Morgan fingerprint density at radius 2 is 1.84 bits per heavy atom. The summed E-state index contributed by atoms with van der Waals surface area (Å²) in [4.78, 5) is 20.4. The van der Waals surface area contributed by atoms with E-state index in [-0.39, 0.29) is 23.1 Å². The number of nitrogens with one attached hydrogen (secondary N) is 1. The summed E-state index contributed by atoms with van der Waals surface area (Å²) in [6.07, 6.45) is 1.97. The van der Waals surface area contributed by atoms with Gasteiger partial charge in [0.25, 0.3) is 0 Å². The number of carbonyl (C=O) groups excluding carboxylic acids is 1. The van der Waals surface area contributed by atoms with Gasteiger partial charge >= 0.3 is 6.09 Å². The predicted molar refractivity (Wildman–Crippen MR) is 120 cm³/mol. The number of benzene rings is 1. The lowest BCUT2D eigenvalue weighted by Crippen LogP contribution is -3.00. The molecule has 1 aromatic rings. The molecule has 4 fully saturated rings. The molecule has 4 atom stereocenters. The first-order valence-corrected chi connectivity index (χ1v) is 12.0. The third-order valence-electron chi connectivity index (χ3n) is 7.58. The van der Waals surface area contributed by atoms with Crippen molar-refractivity contribution in [2.75, 3.05) is 52.4 Å². The fourth-order valence-corrected chi connectivity index (χ4v) is 6.43. The van der Waals surface area contributed by atoms with Crippen LogP contribution in [0.4, 0.5) is 4.79 Å². The van der Waals surface area contributed by atoms with Gasteiger partial charge in [0.05, 0.1) is 13.1 Å². The minimum Gasteiger partial charge on any atom is -1.00 e. The molecule has 0 bridgehead atoms.